The molecule has 0 saturated carbocycles. The van der Waals surface area contributed by atoms with Crippen LogP contribution in [-0.4, -0.2) is 34.6 Å². The average Bonchev–Trinajstić information content (AvgIpc) is 3.05. The van der Waals surface area contributed by atoms with E-state index in [9.17, 15) is 14.7 Å². The van der Waals surface area contributed by atoms with Gasteiger partial charge in [0.25, 0.3) is 5.91 Å². The Balaban J connectivity index is 2.17. The van der Waals surface area contributed by atoms with Gasteiger partial charge < -0.3 is 15.2 Å². The van der Waals surface area contributed by atoms with Crippen LogP contribution in [0, 0.1) is 0 Å². The van der Waals surface area contributed by atoms with Crippen molar-refractivity contribution in [3.05, 3.63) is 35.3 Å². The number of methoxy groups -OCH3 is 1. The van der Waals surface area contributed by atoms with Crippen LogP contribution >= 0.6 is 11.3 Å². The molecular weight excluding hydrogens is 328 g/mol. The van der Waals surface area contributed by atoms with Gasteiger partial charge in [-0.1, -0.05) is 13.3 Å². The molecule has 1 aromatic heterocycles. The van der Waals surface area contributed by atoms with Crippen LogP contribution in [0.3, 0.4) is 0 Å². The number of hydrogen-bond acceptors (Lipinski definition) is 5. The van der Waals surface area contributed by atoms with Gasteiger partial charge in [0.1, 0.15) is 22.0 Å². The predicted octanol–water partition coefficient (Wildman–Crippen LogP) is 3.19. The molecule has 0 aliphatic rings. The lowest BCUT2D eigenvalue weighted by atomic mass is 9.96. The fraction of sp³-hybridized carbons (Fsp3) is 0.353. The third kappa shape index (κ3) is 3.91. The first-order chi connectivity index (χ1) is 11.4. The third-order valence-corrected chi connectivity index (χ3v) is 4.58. The van der Waals surface area contributed by atoms with Crippen LogP contribution in [0.15, 0.2) is 29.6 Å². The first-order valence-corrected chi connectivity index (χ1v) is 8.43. The Morgan fingerprint density at radius 2 is 2.00 bits per heavy atom. The monoisotopic (exact) mass is 348 g/mol. The van der Waals surface area contributed by atoms with Gasteiger partial charge in [-0.3, -0.25) is 4.79 Å². The van der Waals surface area contributed by atoms with Crippen molar-refractivity contribution < 1.29 is 19.4 Å². The zero-order valence-electron chi connectivity index (χ0n) is 13.8. The standard InChI is InChI=1S/C17H20N2O4S/c1-4-9-17(2,16(21)22)19-14(20)13-10-24-15(18-13)11-5-7-12(23-3)8-6-11/h5-8,10H,4,9H2,1-3H3,(H,19,20)(H,21,22). The molecule has 128 valence electrons. The summed E-state index contributed by atoms with van der Waals surface area (Å²) in [6, 6.07) is 7.36. The van der Waals surface area contributed by atoms with Crippen LogP contribution in [0.5, 0.6) is 5.75 Å². The topological polar surface area (TPSA) is 88.5 Å². The van der Waals surface area contributed by atoms with Gasteiger partial charge in [0.2, 0.25) is 0 Å². The number of benzene rings is 1. The van der Waals surface area contributed by atoms with E-state index >= 15 is 0 Å². The second-order valence-corrected chi connectivity index (χ2v) is 6.47. The molecule has 2 aromatic rings. The average molecular weight is 348 g/mol. The number of aliphatic carboxylic acids is 1. The summed E-state index contributed by atoms with van der Waals surface area (Å²) in [4.78, 5) is 28.1. The quantitative estimate of drug-likeness (QED) is 0.802. The van der Waals surface area contributed by atoms with Crippen molar-refractivity contribution in [2.75, 3.05) is 7.11 Å². The molecule has 1 atom stereocenters. The van der Waals surface area contributed by atoms with Crippen molar-refractivity contribution in [2.24, 2.45) is 0 Å². The number of aromatic nitrogens is 1. The summed E-state index contributed by atoms with van der Waals surface area (Å²) < 4.78 is 5.11. The van der Waals surface area contributed by atoms with E-state index in [1.54, 1.807) is 12.5 Å². The predicted molar refractivity (Wildman–Crippen MR) is 92.5 cm³/mol. The number of nitrogens with zero attached hydrogens (tertiary/aromatic N) is 1. The lowest BCUT2D eigenvalue weighted by Crippen LogP contribution is -2.52. The Morgan fingerprint density at radius 1 is 1.33 bits per heavy atom. The number of carboxylic acids is 1. The summed E-state index contributed by atoms with van der Waals surface area (Å²) in [5, 5.41) is 14.2. The van der Waals surface area contributed by atoms with Gasteiger partial charge in [0.05, 0.1) is 7.11 Å². The van der Waals surface area contributed by atoms with Crippen LogP contribution in [0.4, 0.5) is 0 Å². The van der Waals surface area contributed by atoms with Crippen LogP contribution in [0.25, 0.3) is 10.6 Å². The second kappa shape index (κ2) is 7.44. The van der Waals surface area contributed by atoms with E-state index in [1.807, 2.05) is 31.2 Å². The second-order valence-electron chi connectivity index (χ2n) is 5.61. The van der Waals surface area contributed by atoms with Gasteiger partial charge in [-0.15, -0.1) is 11.3 Å². The fourth-order valence-corrected chi connectivity index (χ4v) is 3.09. The minimum Gasteiger partial charge on any atom is -0.497 e. The summed E-state index contributed by atoms with van der Waals surface area (Å²) in [6.45, 7) is 3.38. The van der Waals surface area contributed by atoms with E-state index in [4.69, 9.17) is 4.74 Å². The summed E-state index contributed by atoms with van der Waals surface area (Å²) in [5.74, 6) is -0.794. The molecule has 0 saturated heterocycles. The Morgan fingerprint density at radius 3 is 2.54 bits per heavy atom. The third-order valence-electron chi connectivity index (χ3n) is 3.69. The van der Waals surface area contributed by atoms with Crippen LogP contribution in [-0.2, 0) is 4.79 Å². The maximum atomic E-state index is 12.3. The number of carbonyl (C=O) groups excluding carboxylic acids is 1. The number of rotatable bonds is 7. The Kier molecular flexibility index (Phi) is 5.56. The van der Waals surface area contributed by atoms with Crippen molar-refractivity contribution in [1.82, 2.24) is 10.3 Å². The molecule has 2 rings (SSSR count). The molecular formula is C17H20N2O4S. The highest BCUT2D eigenvalue weighted by molar-refractivity contribution is 7.13. The summed E-state index contributed by atoms with van der Waals surface area (Å²) in [5.41, 5.74) is -0.209. The van der Waals surface area contributed by atoms with Crippen LogP contribution in [0.1, 0.15) is 37.2 Å². The molecule has 1 heterocycles. The molecule has 1 aromatic carbocycles. The first-order valence-electron chi connectivity index (χ1n) is 7.55. The molecule has 0 fully saturated rings. The lowest BCUT2D eigenvalue weighted by Gasteiger charge is -2.25. The maximum Gasteiger partial charge on any atom is 0.329 e. The van der Waals surface area contributed by atoms with Crippen LogP contribution in [0.2, 0.25) is 0 Å². The van der Waals surface area contributed by atoms with Gasteiger partial charge in [-0.25, -0.2) is 9.78 Å². The number of amides is 1. The lowest BCUT2D eigenvalue weighted by molar-refractivity contribution is -0.144. The van der Waals surface area contributed by atoms with E-state index in [0.29, 0.717) is 17.8 Å². The van der Waals surface area contributed by atoms with Crippen molar-refractivity contribution in [2.45, 2.75) is 32.2 Å². The molecule has 0 radical (unpaired) electrons. The number of thiazole rings is 1. The molecule has 2 N–H and O–H groups in total. The van der Waals surface area contributed by atoms with E-state index in [1.165, 1.54) is 18.3 Å². The highest BCUT2D eigenvalue weighted by Gasteiger charge is 2.34. The van der Waals surface area contributed by atoms with Crippen molar-refractivity contribution in [3.8, 4) is 16.3 Å². The highest BCUT2D eigenvalue weighted by Crippen LogP contribution is 2.26. The largest absolute Gasteiger partial charge is 0.497 e. The summed E-state index contributed by atoms with van der Waals surface area (Å²) >= 11 is 1.33. The van der Waals surface area contributed by atoms with Crippen molar-refractivity contribution in [1.29, 1.82) is 0 Å². The zero-order valence-corrected chi connectivity index (χ0v) is 14.6. The molecule has 24 heavy (non-hydrogen) atoms. The molecule has 6 nitrogen and oxygen atoms in total. The van der Waals surface area contributed by atoms with Gasteiger partial charge in [0, 0.05) is 10.9 Å². The van der Waals surface area contributed by atoms with Gasteiger partial charge >= 0.3 is 5.97 Å². The number of carbonyl (C=O) groups is 2. The zero-order chi connectivity index (χ0) is 17.7. The molecule has 0 spiro atoms. The first kappa shape index (κ1) is 17.9. The molecule has 1 amide bonds. The molecule has 0 aliphatic heterocycles. The van der Waals surface area contributed by atoms with E-state index in [0.717, 1.165) is 11.3 Å². The van der Waals surface area contributed by atoms with Crippen molar-refractivity contribution in [3.63, 3.8) is 0 Å². The van der Waals surface area contributed by atoms with Crippen LogP contribution < -0.4 is 10.1 Å². The number of carboxylic acid groups (broad SMARTS) is 1. The number of hydrogen-bond donors (Lipinski definition) is 2. The van der Waals surface area contributed by atoms with Gasteiger partial charge in [-0.2, -0.15) is 0 Å². The van der Waals surface area contributed by atoms with E-state index < -0.39 is 17.4 Å². The Labute approximate surface area is 144 Å². The van der Waals surface area contributed by atoms with Gasteiger partial charge in [-0.05, 0) is 37.6 Å². The molecule has 0 bridgehead atoms. The molecule has 7 heteroatoms. The smallest absolute Gasteiger partial charge is 0.329 e. The molecule has 0 aliphatic carbocycles. The van der Waals surface area contributed by atoms with Gasteiger partial charge in [0.15, 0.2) is 0 Å². The minimum absolute atomic E-state index is 0.217. The van der Waals surface area contributed by atoms with E-state index in [2.05, 4.69) is 10.3 Å². The fourth-order valence-electron chi connectivity index (χ4n) is 2.28. The minimum atomic E-state index is -1.30. The highest BCUT2D eigenvalue weighted by atomic mass is 32.1. The Hall–Kier alpha value is -2.41. The number of ether oxygens (including phenoxy) is 1. The SMILES string of the molecule is CCCC(C)(NC(=O)c1csc(-c2ccc(OC)cc2)n1)C(=O)O. The normalized spacial score (nSPS) is 13.1. The summed E-state index contributed by atoms with van der Waals surface area (Å²) in [7, 11) is 1.59. The maximum absolute atomic E-state index is 12.3. The molecule has 1 unspecified atom stereocenters. The number of nitrogens with one attached hydrogen (secondary N) is 1. The summed E-state index contributed by atoms with van der Waals surface area (Å²) in [6.07, 6.45) is 1.00. The van der Waals surface area contributed by atoms with Crippen molar-refractivity contribution >= 4 is 23.2 Å². The Bertz CT molecular complexity index is 726. The van der Waals surface area contributed by atoms with E-state index in [-0.39, 0.29) is 5.69 Å².